The van der Waals surface area contributed by atoms with Crippen molar-refractivity contribution < 1.29 is 19.0 Å². The highest BCUT2D eigenvalue weighted by Crippen LogP contribution is 2.42. The first kappa shape index (κ1) is 21.1. The van der Waals surface area contributed by atoms with Gasteiger partial charge in [-0.1, -0.05) is 31.0 Å². The second kappa shape index (κ2) is 9.02. The number of carbonyl (C=O) groups excluding carboxylic acids is 1. The number of hydrogen-bond acceptors (Lipinski definition) is 5. The van der Waals surface area contributed by atoms with Crippen LogP contribution in [-0.4, -0.2) is 44.2 Å². The van der Waals surface area contributed by atoms with Gasteiger partial charge in [-0.05, 0) is 67.6 Å². The number of nitrogens with zero attached hydrogens (tertiary/aromatic N) is 1. The first-order valence-electron chi connectivity index (χ1n) is 11.8. The molecule has 1 unspecified atom stereocenters. The lowest BCUT2D eigenvalue weighted by Gasteiger charge is -2.33. The summed E-state index contributed by atoms with van der Waals surface area (Å²) in [6, 6.07) is 14.7. The summed E-state index contributed by atoms with van der Waals surface area (Å²) in [6.07, 6.45) is 6.34. The zero-order valence-electron chi connectivity index (χ0n) is 18.8. The van der Waals surface area contributed by atoms with Gasteiger partial charge >= 0.3 is 0 Å². The van der Waals surface area contributed by atoms with E-state index in [0.29, 0.717) is 19.8 Å². The number of amides is 1. The average molecular weight is 437 g/mol. The Balaban J connectivity index is 1.30. The number of rotatable bonds is 6. The molecule has 2 aromatic carbocycles. The standard InChI is InChI=1S/C26H32N2O4/c1-30-21-9-6-19(7-10-21)22-5-4-14-28(22)18-25(29)27-26(12-2-3-13-26)20-8-11-23-24(17-20)32-16-15-31-23/h6-11,17,22H,2-5,12-16,18H2,1H3,(H,27,29). The molecule has 1 aliphatic carbocycles. The maximum Gasteiger partial charge on any atom is 0.234 e. The molecule has 1 atom stereocenters. The molecule has 32 heavy (non-hydrogen) atoms. The fourth-order valence-corrected chi connectivity index (χ4v) is 5.52. The smallest absolute Gasteiger partial charge is 0.234 e. The van der Waals surface area contributed by atoms with E-state index in [0.717, 1.165) is 67.9 Å². The largest absolute Gasteiger partial charge is 0.497 e. The molecular weight excluding hydrogens is 404 g/mol. The van der Waals surface area contributed by atoms with Gasteiger partial charge in [0.05, 0.1) is 19.2 Å². The van der Waals surface area contributed by atoms with Gasteiger partial charge in [-0.2, -0.15) is 0 Å². The molecule has 2 heterocycles. The molecule has 1 amide bonds. The number of ether oxygens (including phenoxy) is 3. The van der Waals surface area contributed by atoms with Gasteiger partial charge in [0, 0.05) is 6.04 Å². The molecule has 5 rings (SSSR count). The third-order valence-electron chi connectivity index (χ3n) is 7.14. The van der Waals surface area contributed by atoms with Crippen molar-refractivity contribution in [3.8, 4) is 17.2 Å². The van der Waals surface area contributed by atoms with Crippen molar-refractivity contribution in [1.82, 2.24) is 10.2 Å². The fraction of sp³-hybridized carbons (Fsp3) is 0.500. The topological polar surface area (TPSA) is 60.0 Å². The molecule has 0 bridgehead atoms. The molecule has 2 fully saturated rings. The Kier molecular flexibility index (Phi) is 5.96. The van der Waals surface area contributed by atoms with Gasteiger partial charge in [-0.3, -0.25) is 9.69 Å². The molecule has 0 spiro atoms. The maximum atomic E-state index is 13.3. The van der Waals surface area contributed by atoms with E-state index >= 15 is 0 Å². The van der Waals surface area contributed by atoms with Crippen molar-refractivity contribution in [2.24, 2.45) is 0 Å². The van der Waals surface area contributed by atoms with E-state index in [2.05, 4.69) is 34.5 Å². The van der Waals surface area contributed by atoms with Crippen LogP contribution in [0.5, 0.6) is 17.2 Å². The molecule has 3 aliphatic rings. The summed E-state index contributed by atoms with van der Waals surface area (Å²) >= 11 is 0. The molecule has 1 saturated carbocycles. The van der Waals surface area contributed by atoms with Crippen LogP contribution in [0.4, 0.5) is 0 Å². The van der Waals surface area contributed by atoms with Crippen molar-refractivity contribution >= 4 is 5.91 Å². The number of carbonyl (C=O) groups is 1. The minimum absolute atomic E-state index is 0.0993. The number of benzene rings is 2. The summed E-state index contributed by atoms with van der Waals surface area (Å²) in [5.74, 6) is 2.54. The van der Waals surface area contributed by atoms with E-state index in [9.17, 15) is 4.79 Å². The lowest BCUT2D eigenvalue weighted by molar-refractivity contribution is -0.124. The van der Waals surface area contributed by atoms with Gasteiger partial charge in [-0.25, -0.2) is 0 Å². The SMILES string of the molecule is COc1ccc(C2CCCN2CC(=O)NC2(c3ccc4c(c3)OCCO4)CCCC2)cc1. The number of hydrogen-bond donors (Lipinski definition) is 1. The van der Waals surface area contributed by atoms with Crippen LogP contribution < -0.4 is 19.5 Å². The Morgan fingerprint density at radius 3 is 2.56 bits per heavy atom. The van der Waals surface area contributed by atoms with E-state index in [4.69, 9.17) is 14.2 Å². The normalized spacial score (nSPS) is 22.0. The predicted octanol–water partition coefficient (Wildman–Crippen LogP) is 4.19. The highest BCUT2D eigenvalue weighted by atomic mass is 16.6. The fourth-order valence-electron chi connectivity index (χ4n) is 5.52. The Hall–Kier alpha value is -2.73. The van der Waals surface area contributed by atoms with Crippen LogP contribution in [0.2, 0.25) is 0 Å². The van der Waals surface area contributed by atoms with Crippen LogP contribution >= 0.6 is 0 Å². The van der Waals surface area contributed by atoms with Gasteiger partial charge in [-0.15, -0.1) is 0 Å². The van der Waals surface area contributed by atoms with Gasteiger partial charge in [0.2, 0.25) is 5.91 Å². The number of likely N-dealkylation sites (tertiary alicyclic amines) is 1. The lowest BCUT2D eigenvalue weighted by atomic mass is 9.87. The van der Waals surface area contributed by atoms with Crippen LogP contribution in [0.15, 0.2) is 42.5 Å². The third-order valence-corrected chi connectivity index (χ3v) is 7.14. The van der Waals surface area contributed by atoms with Crippen LogP contribution in [0.3, 0.4) is 0 Å². The summed E-state index contributed by atoms with van der Waals surface area (Å²) in [7, 11) is 1.68. The van der Waals surface area contributed by atoms with E-state index in [1.807, 2.05) is 18.2 Å². The van der Waals surface area contributed by atoms with Crippen molar-refractivity contribution in [2.75, 3.05) is 33.4 Å². The second-order valence-electron chi connectivity index (χ2n) is 9.10. The molecule has 2 aromatic rings. The van der Waals surface area contributed by atoms with Crippen LogP contribution in [0.25, 0.3) is 0 Å². The van der Waals surface area contributed by atoms with E-state index in [1.165, 1.54) is 5.56 Å². The van der Waals surface area contributed by atoms with E-state index in [-0.39, 0.29) is 17.5 Å². The summed E-state index contributed by atoms with van der Waals surface area (Å²) in [6.45, 7) is 2.51. The zero-order chi connectivity index (χ0) is 22.0. The molecule has 0 radical (unpaired) electrons. The summed E-state index contributed by atoms with van der Waals surface area (Å²) < 4.78 is 16.8. The highest BCUT2D eigenvalue weighted by molar-refractivity contribution is 5.79. The second-order valence-corrected chi connectivity index (χ2v) is 9.10. The molecule has 0 aromatic heterocycles. The monoisotopic (exact) mass is 436 g/mol. The molecule has 6 nitrogen and oxygen atoms in total. The Morgan fingerprint density at radius 1 is 1.06 bits per heavy atom. The Labute approximate surface area is 189 Å². The minimum atomic E-state index is -0.317. The summed E-state index contributed by atoms with van der Waals surface area (Å²) in [5, 5.41) is 3.44. The van der Waals surface area contributed by atoms with E-state index < -0.39 is 0 Å². The summed E-state index contributed by atoms with van der Waals surface area (Å²) in [5.41, 5.74) is 2.06. The first-order valence-corrected chi connectivity index (χ1v) is 11.8. The van der Waals surface area contributed by atoms with Gasteiger partial charge < -0.3 is 19.5 Å². The Bertz CT molecular complexity index is 953. The predicted molar refractivity (Wildman–Crippen MR) is 122 cm³/mol. The van der Waals surface area contributed by atoms with Crippen LogP contribution in [0, 0.1) is 0 Å². The lowest BCUT2D eigenvalue weighted by Crippen LogP contribution is -2.47. The van der Waals surface area contributed by atoms with Gasteiger partial charge in [0.1, 0.15) is 19.0 Å². The number of nitrogens with one attached hydrogen (secondary N) is 1. The van der Waals surface area contributed by atoms with Crippen molar-refractivity contribution in [3.05, 3.63) is 53.6 Å². The molecule has 1 N–H and O–H groups in total. The first-order chi connectivity index (χ1) is 15.7. The quantitative estimate of drug-likeness (QED) is 0.736. The molecular formula is C26H32N2O4. The average Bonchev–Trinajstić information content (AvgIpc) is 3.49. The minimum Gasteiger partial charge on any atom is -0.497 e. The van der Waals surface area contributed by atoms with Crippen molar-refractivity contribution in [1.29, 1.82) is 0 Å². The van der Waals surface area contributed by atoms with Crippen LogP contribution in [-0.2, 0) is 10.3 Å². The van der Waals surface area contributed by atoms with Crippen molar-refractivity contribution in [3.63, 3.8) is 0 Å². The highest BCUT2D eigenvalue weighted by Gasteiger charge is 2.39. The summed E-state index contributed by atoms with van der Waals surface area (Å²) in [4.78, 5) is 15.6. The Morgan fingerprint density at radius 2 is 1.81 bits per heavy atom. The zero-order valence-corrected chi connectivity index (χ0v) is 18.8. The number of fused-ring (bicyclic) bond motifs is 1. The van der Waals surface area contributed by atoms with Crippen LogP contribution in [0.1, 0.15) is 55.7 Å². The van der Waals surface area contributed by atoms with Gasteiger partial charge in [0.25, 0.3) is 0 Å². The maximum absolute atomic E-state index is 13.3. The number of methoxy groups -OCH3 is 1. The molecule has 1 saturated heterocycles. The van der Waals surface area contributed by atoms with E-state index in [1.54, 1.807) is 7.11 Å². The van der Waals surface area contributed by atoms with Crippen molar-refractivity contribution in [2.45, 2.75) is 50.1 Å². The molecule has 2 aliphatic heterocycles. The molecule has 170 valence electrons. The third kappa shape index (κ3) is 4.16. The van der Waals surface area contributed by atoms with Gasteiger partial charge in [0.15, 0.2) is 11.5 Å². The molecule has 6 heteroatoms.